The number of aliphatic hydroxyl groups excluding tert-OH is 1. The maximum absolute atomic E-state index is 13.3. The van der Waals surface area contributed by atoms with E-state index in [2.05, 4.69) is 11.9 Å². The summed E-state index contributed by atoms with van der Waals surface area (Å²) < 4.78 is 5.75. The van der Waals surface area contributed by atoms with Gasteiger partial charge in [-0.1, -0.05) is 37.4 Å². The number of hydrogen-bond donors (Lipinski definition) is 1. The molecule has 1 aliphatic heterocycles. The Balaban J connectivity index is 1.77. The fraction of sp³-hybridized carbons (Fsp3) is 0.250. The van der Waals surface area contributed by atoms with E-state index in [9.17, 15) is 14.7 Å². The largest absolute Gasteiger partial charge is 0.507 e. The van der Waals surface area contributed by atoms with Crippen LogP contribution >= 0.6 is 11.6 Å². The van der Waals surface area contributed by atoms with E-state index >= 15 is 0 Å². The number of Topliss-reactive ketones (excluding diaryl/α,β-unsaturated/α-hetero) is 1. The third-order valence-electron chi connectivity index (χ3n) is 6.11. The predicted octanol–water partition coefficient (Wildman–Crippen LogP) is 6.24. The SMILES string of the molecule is CCCCCOc1ccc(/C(O)=C2\C(=O)C(=O)N(c3cccc(Cl)c3C)C2c2ccncc2)cc1. The zero-order chi connectivity index (χ0) is 24.9. The van der Waals surface area contributed by atoms with E-state index in [1.165, 1.54) is 4.90 Å². The van der Waals surface area contributed by atoms with Crippen LogP contribution in [0.3, 0.4) is 0 Å². The quantitative estimate of drug-likeness (QED) is 0.175. The lowest BCUT2D eigenvalue weighted by Crippen LogP contribution is -2.30. The van der Waals surface area contributed by atoms with E-state index in [1.807, 2.05) is 0 Å². The number of pyridine rings is 1. The first kappa shape index (κ1) is 24.5. The molecule has 1 aliphatic rings. The number of halogens is 1. The van der Waals surface area contributed by atoms with Crippen molar-refractivity contribution in [2.24, 2.45) is 0 Å². The molecule has 1 saturated heterocycles. The van der Waals surface area contributed by atoms with Gasteiger partial charge in [0.1, 0.15) is 11.5 Å². The molecule has 180 valence electrons. The second-order valence-corrected chi connectivity index (χ2v) is 8.82. The topological polar surface area (TPSA) is 79.7 Å². The van der Waals surface area contributed by atoms with Gasteiger partial charge in [0.25, 0.3) is 11.7 Å². The number of anilines is 1. The van der Waals surface area contributed by atoms with Gasteiger partial charge < -0.3 is 9.84 Å². The van der Waals surface area contributed by atoms with Gasteiger partial charge in [0.15, 0.2) is 0 Å². The van der Waals surface area contributed by atoms with E-state index in [-0.39, 0.29) is 11.3 Å². The zero-order valence-corrected chi connectivity index (χ0v) is 20.5. The van der Waals surface area contributed by atoms with Crippen LogP contribution in [-0.4, -0.2) is 28.4 Å². The number of ether oxygens (including phenoxy) is 1. The lowest BCUT2D eigenvalue weighted by molar-refractivity contribution is -0.132. The van der Waals surface area contributed by atoms with E-state index in [0.29, 0.717) is 39.8 Å². The number of rotatable bonds is 8. The van der Waals surface area contributed by atoms with Crippen LogP contribution in [0.4, 0.5) is 5.69 Å². The number of unbranched alkanes of at least 4 members (excludes halogenated alkanes) is 2. The van der Waals surface area contributed by atoms with Crippen molar-refractivity contribution in [2.75, 3.05) is 11.5 Å². The van der Waals surface area contributed by atoms with Crippen molar-refractivity contribution in [1.82, 2.24) is 4.98 Å². The molecule has 1 amide bonds. The van der Waals surface area contributed by atoms with E-state index < -0.39 is 17.7 Å². The molecule has 1 aromatic heterocycles. The van der Waals surface area contributed by atoms with Crippen molar-refractivity contribution in [3.63, 3.8) is 0 Å². The normalized spacial score (nSPS) is 17.1. The molecule has 7 heteroatoms. The number of aromatic nitrogens is 1. The van der Waals surface area contributed by atoms with Crippen molar-refractivity contribution in [2.45, 2.75) is 39.2 Å². The number of amides is 1. The maximum Gasteiger partial charge on any atom is 0.300 e. The molecule has 1 N–H and O–H groups in total. The molecule has 4 rings (SSSR count). The highest BCUT2D eigenvalue weighted by Gasteiger charge is 2.47. The lowest BCUT2D eigenvalue weighted by atomic mass is 9.95. The number of aliphatic hydroxyl groups is 1. The van der Waals surface area contributed by atoms with Gasteiger partial charge in [-0.05, 0) is 73.0 Å². The highest BCUT2D eigenvalue weighted by atomic mass is 35.5. The highest BCUT2D eigenvalue weighted by molar-refractivity contribution is 6.52. The summed E-state index contributed by atoms with van der Waals surface area (Å²) in [4.78, 5) is 32.0. The summed E-state index contributed by atoms with van der Waals surface area (Å²) >= 11 is 6.33. The Kier molecular flexibility index (Phi) is 7.51. The van der Waals surface area contributed by atoms with Gasteiger partial charge in [0.05, 0.1) is 18.2 Å². The molecule has 0 aliphatic carbocycles. The number of carbonyl (C=O) groups is 2. The average Bonchev–Trinajstić information content (AvgIpc) is 3.14. The zero-order valence-electron chi connectivity index (χ0n) is 19.7. The first-order valence-electron chi connectivity index (χ1n) is 11.6. The molecule has 0 bridgehead atoms. The van der Waals surface area contributed by atoms with Crippen molar-refractivity contribution in [3.05, 3.63) is 94.3 Å². The molecule has 1 fully saturated rings. The molecule has 3 aromatic rings. The third-order valence-corrected chi connectivity index (χ3v) is 6.52. The smallest absolute Gasteiger partial charge is 0.300 e. The van der Waals surface area contributed by atoms with Gasteiger partial charge >= 0.3 is 0 Å². The van der Waals surface area contributed by atoms with Gasteiger partial charge in [-0.25, -0.2) is 0 Å². The molecule has 1 unspecified atom stereocenters. The minimum absolute atomic E-state index is 0.0113. The van der Waals surface area contributed by atoms with Crippen molar-refractivity contribution in [3.8, 4) is 5.75 Å². The lowest BCUT2D eigenvalue weighted by Gasteiger charge is -2.27. The Morgan fingerprint density at radius 1 is 1.06 bits per heavy atom. The Morgan fingerprint density at radius 3 is 2.46 bits per heavy atom. The number of carbonyl (C=O) groups excluding carboxylic acids is 2. The van der Waals surface area contributed by atoms with Crippen LogP contribution in [0.1, 0.15) is 48.9 Å². The predicted molar refractivity (Wildman–Crippen MR) is 137 cm³/mol. The summed E-state index contributed by atoms with van der Waals surface area (Å²) in [6.07, 6.45) is 6.35. The molecular weight excluding hydrogens is 464 g/mol. The van der Waals surface area contributed by atoms with Gasteiger partial charge in [-0.3, -0.25) is 19.5 Å². The molecule has 35 heavy (non-hydrogen) atoms. The Labute approximate surface area is 209 Å². The number of ketones is 1. The first-order valence-corrected chi connectivity index (χ1v) is 12.0. The molecule has 2 aromatic carbocycles. The number of hydrogen-bond acceptors (Lipinski definition) is 5. The molecule has 1 atom stereocenters. The summed E-state index contributed by atoms with van der Waals surface area (Å²) in [6.45, 7) is 4.54. The van der Waals surface area contributed by atoms with Crippen LogP contribution < -0.4 is 9.64 Å². The maximum atomic E-state index is 13.3. The summed E-state index contributed by atoms with van der Waals surface area (Å²) in [5.41, 5.74) is 2.26. The third kappa shape index (κ3) is 4.93. The standard InChI is InChI=1S/C28H27ClN2O4/c1-3-4-5-17-35-21-11-9-20(10-12-21)26(32)24-25(19-13-15-30-16-14-19)31(28(34)27(24)33)23-8-6-7-22(29)18(23)2/h6-16,25,32H,3-5,17H2,1-2H3/b26-24+. The van der Waals surface area contributed by atoms with Crippen molar-refractivity contribution >= 4 is 34.7 Å². The van der Waals surface area contributed by atoms with Gasteiger partial charge in [0, 0.05) is 28.7 Å². The van der Waals surface area contributed by atoms with Crippen LogP contribution in [-0.2, 0) is 9.59 Å². The van der Waals surface area contributed by atoms with Crippen molar-refractivity contribution in [1.29, 1.82) is 0 Å². The van der Waals surface area contributed by atoms with E-state index in [4.69, 9.17) is 16.3 Å². The summed E-state index contributed by atoms with van der Waals surface area (Å²) in [6, 6.07) is 14.7. The molecule has 6 nitrogen and oxygen atoms in total. The van der Waals surface area contributed by atoms with E-state index in [0.717, 1.165) is 19.3 Å². The average molecular weight is 491 g/mol. The first-order chi connectivity index (χ1) is 16.9. The summed E-state index contributed by atoms with van der Waals surface area (Å²) in [5, 5.41) is 11.7. The van der Waals surface area contributed by atoms with Crippen LogP contribution in [0.5, 0.6) is 5.75 Å². The minimum Gasteiger partial charge on any atom is -0.507 e. The van der Waals surface area contributed by atoms with Gasteiger partial charge in [0.2, 0.25) is 0 Å². The number of nitrogens with zero attached hydrogens (tertiary/aromatic N) is 2. The second-order valence-electron chi connectivity index (χ2n) is 8.41. The Bertz CT molecular complexity index is 1260. The summed E-state index contributed by atoms with van der Waals surface area (Å²) in [7, 11) is 0. The summed E-state index contributed by atoms with van der Waals surface area (Å²) in [5.74, 6) is -1.05. The fourth-order valence-corrected chi connectivity index (χ4v) is 4.38. The second kappa shape index (κ2) is 10.7. The van der Waals surface area contributed by atoms with Gasteiger partial charge in [-0.15, -0.1) is 0 Å². The molecule has 0 radical (unpaired) electrons. The molecule has 2 heterocycles. The Hall–Kier alpha value is -3.64. The molecule has 0 saturated carbocycles. The van der Waals surface area contributed by atoms with Crippen LogP contribution in [0, 0.1) is 6.92 Å². The highest BCUT2D eigenvalue weighted by Crippen LogP contribution is 2.43. The van der Waals surface area contributed by atoms with E-state index in [1.54, 1.807) is 73.9 Å². The number of benzene rings is 2. The molecule has 0 spiro atoms. The van der Waals surface area contributed by atoms with Crippen LogP contribution in [0.15, 0.2) is 72.6 Å². The fourth-order valence-electron chi connectivity index (χ4n) is 4.21. The molecular formula is C28H27ClN2O4. The van der Waals surface area contributed by atoms with Crippen molar-refractivity contribution < 1.29 is 19.4 Å². The monoisotopic (exact) mass is 490 g/mol. The van der Waals surface area contributed by atoms with Crippen LogP contribution in [0.2, 0.25) is 5.02 Å². The Morgan fingerprint density at radius 2 is 1.77 bits per heavy atom. The minimum atomic E-state index is -0.833. The van der Waals surface area contributed by atoms with Crippen LogP contribution in [0.25, 0.3) is 5.76 Å². The van der Waals surface area contributed by atoms with Gasteiger partial charge in [-0.2, -0.15) is 0 Å².